The summed E-state index contributed by atoms with van der Waals surface area (Å²) < 4.78 is 10.6. The van der Waals surface area contributed by atoms with E-state index in [0.717, 1.165) is 31.9 Å². The van der Waals surface area contributed by atoms with Crippen molar-refractivity contribution in [3.8, 4) is 0 Å². The van der Waals surface area contributed by atoms with Gasteiger partial charge in [0, 0.05) is 19.1 Å². The average molecular weight is 239 g/mol. The lowest BCUT2D eigenvalue weighted by molar-refractivity contribution is 0.0830. The normalized spacial score (nSPS) is 20.5. The first-order chi connectivity index (χ1) is 7.98. The van der Waals surface area contributed by atoms with Gasteiger partial charge in [0.15, 0.2) is 5.82 Å². The molecule has 1 aromatic rings. The predicted octanol–water partition coefficient (Wildman–Crippen LogP) is 2.01. The summed E-state index contributed by atoms with van der Waals surface area (Å²) in [5.74, 6) is 1.68. The van der Waals surface area contributed by atoms with Crippen molar-refractivity contribution in [3.63, 3.8) is 0 Å². The molecular weight excluding hydrogens is 218 g/mol. The fourth-order valence-corrected chi connectivity index (χ4v) is 1.87. The van der Waals surface area contributed by atoms with Crippen molar-refractivity contribution in [1.82, 2.24) is 10.1 Å². The van der Waals surface area contributed by atoms with Gasteiger partial charge in [0.1, 0.15) is 0 Å². The Morgan fingerprint density at radius 3 is 2.53 bits per heavy atom. The Hall–Kier alpha value is -0.940. The van der Waals surface area contributed by atoms with E-state index in [4.69, 9.17) is 15.0 Å². The van der Waals surface area contributed by atoms with Crippen molar-refractivity contribution < 1.29 is 9.26 Å². The Bertz CT molecular complexity index is 364. The molecule has 1 aromatic heterocycles. The summed E-state index contributed by atoms with van der Waals surface area (Å²) in [4.78, 5) is 4.44. The number of hydrogen-bond donors (Lipinski definition) is 1. The predicted molar refractivity (Wildman–Crippen MR) is 63.5 cm³/mol. The van der Waals surface area contributed by atoms with E-state index in [0.29, 0.717) is 11.8 Å². The molecule has 1 atom stereocenters. The second-order valence-electron chi connectivity index (χ2n) is 5.72. The highest BCUT2D eigenvalue weighted by Crippen LogP contribution is 2.31. The summed E-state index contributed by atoms with van der Waals surface area (Å²) in [7, 11) is 0. The van der Waals surface area contributed by atoms with E-state index in [9.17, 15) is 0 Å². The highest BCUT2D eigenvalue weighted by molar-refractivity contribution is 5.01. The highest BCUT2D eigenvalue weighted by Gasteiger charge is 2.29. The van der Waals surface area contributed by atoms with Crippen LogP contribution >= 0.6 is 0 Å². The molecule has 0 bridgehead atoms. The first kappa shape index (κ1) is 12.5. The quantitative estimate of drug-likeness (QED) is 0.854. The van der Waals surface area contributed by atoms with Crippen LogP contribution < -0.4 is 5.73 Å². The zero-order valence-corrected chi connectivity index (χ0v) is 10.8. The van der Waals surface area contributed by atoms with Crippen LogP contribution in [0.25, 0.3) is 0 Å². The van der Waals surface area contributed by atoms with Gasteiger partial charge >= 0.3 is 0 Å². The summed E-state index contributed by atoms with van der Waals surface area (Å²) in [6.07, 6.45) is 1.92. The maximum absolute atomic E-state index is 6.09. The van der Waals surface area contributed by atoms with Gasteiger partial charge in [-0.2, -0.15) is 4.98 Å². The molecule has 17 heavy (non-hydrogen) atoms. The third kappa shape index (κ3) is 2.84. The zero-order valence-electron chi connectivity index (χ0n) is 10.8. The number of ether oxygens (including phenoxy) is 1. The maximum Gasteiger partial charge on any atom is 0.244 e. The Kier molecular flexibility index (Phi) is 3.49. The highest BCUT2D eigenvalue weighted by atomic mass is 16.5. The van der Waals surface area contributed by atoms with E-state index >= 15 is 0 Å². The van der Waals surface area contributed by atoms with Crippen LogP contribution in [-0.4, -0.2) is 23.4 Å². The number of aromatic nitrogens is 2. The molecule has 0 aliphatic carbocycles. The molecule has 5 heteroatoms. The first-order valence-corrected chi connectivity index (χ1v) is 6.15. The van der Waals surface area contributed by atoms with Crippen molar-refractivity contribution in [2.75, 3.05) is 13.2 Å². The van der Waals surface area contributed by atoms with Gasteiger partial charge in [0.25, 0.3) is 0 Å². The van der Waals surface area contributed by atoms with Gasteiger partial charge in [0.05, 0.1) is 6.04 Å². The summed E-state index contributed by atoms with van der Waals surface area (Å²) in [6.45, 7) is 7.75. The van der Waals surface area contributed by atoms with Crippen LogP contribution in [0.5, 0.6) is 0 Å². The topological polar surface area (TPSA) is 74.2 Å². The van der Waals surface area contributed by atoms with Crippen LogP contribution in [0.2, 0.25) is 0 Å². The smallest absolute Gasteiger partial charge is 0.244 e. The van der Waals surface area contributed by atoms with Gasteiger partial charge in [-0.25, -0.2) is 0 Å². The Labute approximate surface area is 102 Å². The second-order valence-corrected chi connectivity index (χ2v) is 5.72. The molecule has 0 saturated carbocycles. The minimum atomic E-state index is -0.219. The van der Waals surface area contributed by atoms with E-state index in [1.807, 2.05) is 0 Å². The molecule has 2 rings (SSSR count). The Morgan fingerprint density at radius 1 is 1.29 bits per heavy atom. The number of nitrogens with zero attached hydrogens (tertiary/aromatic N) is 2. The van der Waals surface area contributed by atoms with Crippen LogP contribution in [0.1, 0.15) is 57.3 Å². The molecule has 1 saturated heterocycles. The van der Waals surface area contributed by atoms with Crippen LogP contribution in [0.15, 0.2) is 4.52 Å². The molecule has 2 heterocycles. The fourth-order valence-electron chi connectivity index (χ4n) is 1.87. The SMILES string of the molecule is CC(C)(C)[C@H](N)c1nc(C2CCOCC2)no1. The van der Waals surface area contributed by atoms with Crippen LogP contribution in [0.3, 0.4) is 0 Å². The molecule has 1 aliphatic heterocycles. The number of hydrogen-bond acceptors (Lipinski definition) is 5. The molecule has 0 spiro atoms. The van der Waals surface area contributed by atoms with E-state index < -0.39 is 0 Å². The minimum absolute atomic E-state index is 0.0700. The minimum Gasteiger partial charge on any atom is -0.381 e. The van der Waals surface area contributed by atoms with Gasteiger partial charge in [0.2, 0.25) is 5.89 Å². The molecule has 0 amide bonds. The van der Waals surface area contributed by atoms with Gasteiger partial charge in [-0.1, -0.05) is 25.9 Å². The van der Waals surface area contributed by atoms with Crippen LogP contribution in [0.4, 0.5) is 0 Å². The van der Waals surface area contributed by atoms with Gasteiger partial charge < -0.3 is 15.0 Å². The summed E-state index contributed by atoms with van der Waals surface area (Å²) in [6, 6.07) is -0.219. The van der Waals surface area contributed by atoms with Gasteiger partial charge in [-0.15, -0.1) is 0 Å². The third-order valence-electron chi connectivity index (χ3n) is 3.24. The maximum atomic E-state index is 6.09. The summed E-state index contributed by atoms with van der Waals surface area (Å²) in [5, 5.41) is 4.05. The molecule has 0 radical (unpaired) electrons. The third-order valence-corrected chi connectivity index (χ3v) is 3.24. The molecular formula is C12H21N3O2. The van der Waals surface area contributed by atoms with Gasteiger partial charge in [-0.3, -0.25) is 0 Å². The van der Waals surface area contributed by atoms with E-state index in [1.165, 1.54) is 0 Å². The lowest BCUT2D eigenvalue weighted by atomic mass is 9.87. The van der Waals surface area contributed by atoms with Crippen LogP contribution in [0, 0.1) is 5.41 Å². The molecule has 1 fully saturated rings. The molecule has 0 aromatic carbocycles. The van der Waals surface area contributed by atoms with Crippen molar-refractivity contribution in [2.45, 2.75) is 45.6 Å². The molecule has 2 N–H and O–H groups in total. The van der Waals surface area contributed by atoms with E-state index in [1.54, 1.807) is 0 Å². The number of nitrogens with two attached hydrogens (primary N) is 1. The zero-order chi connectivity index (χ0) is 12.5. The van der Waals surface area contributed by atoms with Crippen molar-refractivity contribution in [1.29, 1.82) is 0 Å². The Balaban J connectivity index is 2.10. The lowest BCUT2D eigenvalue weighted by Crippen LogP contribution is -2.26. The van der Waals surface area contributed by atoms with Gasteiger partial charge in [-0.05, 0) is 18.3 Å². The largest absolute Gasteiger partial charge is 0.381 e. The fraction of sp³-hybridized carbons (Fsp3) is 0.833. The first-order valence-electron chi connectivity index (χ1n) is 6.15. The van der Waals surface area contributed by atoms with E-state index in [-0.39, 0.29) is 11.5 Å². The molecule has 5 nitrogen and oxygen atoms in total. The second kappa shape index (κ2) is 4.74. The molecule has 96 valence electrons. The molecule has 1 aliphatic rings. The summed E-state index contributed by atoms with van der Waals surface area (Å²) in [5.41, 5.74) is 6.02. The van der Waals surface area contributed by atoms with Crippen molar-refractivity contribution >= 4 is 0 Å². The Morgan fingerprint density at radius 2 is 1.94 bits per heavy atom. The lowest BCUT2D eigenvalue weighted by Gasteiger charge is -2.23. The standard InChI is InChI=1S/C12H21N3O2/c1-12(2,3)9(13)11-14-10(15-17-11)8-4-6-16-7-5-8/h8-9H,4-7,13H2,1-3H3/t9-/m1/s1. The van der Waals surface area contributed by atoms with Crippen molar-refractivity contribution in [2.24, 2.45) is 11.1 Å². The number of rotatable bonds is 2. The van der Waals surface area contributed by atoms with Crippen LogP contribution in [-0.2, 0) is 4.74 Å². The average Bonchev–Trinajstić information content (AvgIpc) is 2.77. The monoisotopic (exact) mass is 239 g/mol. The van der Waals surface area contributed by atoms with E-state index in [2.05, 4.69) is 30.9 Å². The summed E-state index contributed by atoms with van der Waals surface area (Å²) >= 11 is 0. The molecule has 0 unspecified atom stereocenters. The van der Waals surface area contributed by atoms with Crippen molar-refractivity contribution in [3.05, 3.63) is 11.7 Å².